The third kappa shape index (κ3) is 2.77. The number of nitrogens with one attached hydrogen (secondary N) is 1. The first-order valence-electron chi connectivity index (χ1n) is 5.97. The third-order valence-corrected chi connectivity index (χ3v) is 3.31. The molecule has 2 rings (SSSR count). The molecule has 0 saturated carbocycles. The Hall–Kier alpha value is -1.10. The van der Waals surface area contributed by atoms with Gasteiger partial charge in [-0.05, 0) is 43.0 Å². The second kappa shape index (κ2) is 4.64. The number of benzene rings is 1. The largest absolute Gasteiger partial charge is 0.399 e. The van der Waals surface area contributed by atoms with E-state index in [-0.39, 0.29) is 12.6 Å². The van der Waals surface area contributed by atoms with Crippen molar-refractivity contribution in [3.8, 4) is 0 Å². The summed E-state index contributed by atoms with van der Waals surface area (Å²) in [5.74, 6) is 0. The molecule has 1 aromatic rings. The minimum absolute atomic E-state index is 0.235. The lowest BCUT2D eigenvalue weighted by Gasteiger charge is -2.24. The van der Waals surface area contributed by atoms with Crippen LogP contribution in [0.4, 0.5) is 5.69 Å². The van der Waals surface area contributed by atoms with Crippen molar-refractivity contribution >= 4 is 5.69 Å². The highest BCUT2D eigenvalue weighted by Crippen LogP contribution is 2.32. The molecule has 0 amide bonds. The predicted molar refractivity (Wildman–Crippen MR) is 67.6 cm³/mol. The van der Waals surface area contributed by atoms with Gasteiger partial charge < -0.3 is 21.3 Å². The molecule has 0 radical (unpaired) electrons. The van der Waals surface area contributed by atoms with Gasteiger partial charge in [0.25, 0.3) is 0 Å². The summed E-state index contributed by atoms with van der Waals surface area (Å²) in [4.78, 5) is 0. The molecule has 0 saturated heterocycles. The average Bonchev–Trinajstić information content (AvgIpc) is 2.69. The quantitative estimate of drug-likeness (QED) is 0.577. The third-order valence-electron chi connectivity index (χ3n) is 3.31. The van der Waals surface area contributed by atoms with E-state index in [4.69, 9.17) is 10.8 Å². The molecule has 0 spiro atoms. The fourth-order valence-corrected chi connectivity index (χ4v) is 2.25. The van der Waals surface area contributed by atoms with Crippen LogP contribution in [0.2, 0.25) is 0 Å². The molecule has 2 unspecified atom stereocenters. The molecular formula is C13H20N2O2. The first-order chi connectivity index (χ1) is 8.02. The van der Waals surface area contributed by atoms with Crippen LogP contribution in [0.15, 0.2) is 18.2 Å². The van der Waals surface area contributed by atoms with Gasteiger partial charge in [-0.3, -0.25) is 0 Å². The average molecular weight is 236 g/mol. The lowest BCUT2D eigenvalue weighted by atomic mass is 10.1. The fraction of sp³-hybridized carbons (Fsp3) is 0.538. The van der Waals surface area contributed by atoms with E-state index in [9.17, 15) is 5.11 Å². The molecular weight excluding hydrogens is 216 g/mol. The molecule has 0 heterocycles. The van der Waals surface area contributed by atoms with Crippen LogP contribution in [-0.2, 0) is 6.42 Å². The monoisotopic (exact) mass is 236 g/mol. The summed E-state index contributed by atoms with van der Waals surface area (Å²) in [7, 11) is 0. The van der Waals surface area contributed by atoms with Crippen molar-refractivity contribution in [3.05, 3.63) is 29.3 Å². The number of aryl methyl sites for hydroxylation is 1. The number of fused-ring (bicyclic) bond motifs is 1. The zero-order valence-electron chi connectivity index (χ0n) is 10.1. The Kier molecular flexibility index (Phi) is 3.38. The van der Waals surface area contributed by atoms with Crippen LogP contribution in [0.1, 0.15) is 30.5 Å². The van der Waals surface area contributed by atoms with E-state index in [2.05, 4.69) is 5.32 Å². The minimum Gasteiger partial charge on any atom is -0.399 e. The number of anilines is 1. The molecule has 1 aromatic carbocycles. The molecule has 0 bridgehead atoms. The van der Waals surface area contributed by atoms with Crippen LogP contribution in [0, 0.1) is 0 Å². The van der Waals surface area contributed by atoms with Gasteiger partial charge in [-0.25, -0.2) is 0 Å². The van der Waals surface area contributed by atoms with Gasteiger partial charge in [0.2, 0.25) is 0 Å². The lowest BCUT2D eigenvalue weighted by Crippen LogP contribution is -2.41. The number of hydrogen-bond acceptors (Lipinski definition) is 4. The summed E-state index contributed by atoms with van der Waals surface area (Å²) in [6.45, 7) is 1.78. The van der Waals surface area contributed by atoms with Crippen LogP contribution in [0.5, 0.6) is 0 Å². The topological polar surface area (TPSA) is 78.5 Å². The standard InChI is InChI=1S/C13H20N2O2/c1-13(17,8-16)7-15-12-5-2-9-6-10(14)3-4-11(9)12/h3-4,6,12,15-17H,2,5,7-8,14H2,1H3. The van der Waals surface area contributed by atoms with E-state index in [0.29, 0.717) is 6.54 Å². The normalized spacial score (nSPS) is 22.2. The first-order valence-corrected chi connectivity index (χ1v) is 5.97. The molecule has 94 valence electrons. The second-order valence-corrected chi connectivity index (χ2v) is 5.09. The molecule has 17 heavy (non-hydrogen) atoms. The first kappa shape index (κ1) is 12.4. The Labute approximate surface area is 101 Å². The van der Waals surface area contributed by atoms with Crippen molar-refractivity contribution in [2.24, 2.45) is 0 Å². The molecule has 4 nitrogen and oxygen atoms in total. The molecule has 0 fully saturated rings. The Morgan fingerprint density at radius 3 is 3.00 bits per heavy atom. The molecule has 5 N–H and O–H groups in total. The number of aliphatic hydroxyl groups is 2. The van der Waals surface area contributed by atoms with Gasteiger partial charge >= 0.3 is 0 Å². The van der Waals surface area contributed by atoms with Crippen molar-refractivity contribution in [1.29, 1.82) is 0 Å². The van der Waals surface area contributed by atoms with Crippen LogP contribution in [0.25, 0.3) is 0 Å². The number of aliphatic hydroxyl groups excluding tert-OH is 1. The number of hydrogen-bond donors (Lipinski definition) is 4. The zero-order chi connectivity index (χ0) is 12.5. The van der Waals surface area contributed by atoms with Gasteiger partial charge in [0.05, 0.1) is 12.2 Å². The highest BCUT2D eigenvalue weighted by molar-refractivity contribution is 5.47. The van der Waals surface area contributed by atoms with E-state index in [1.807, 2.05) is 18.2 Å². The van der Waals surface area contributed by atoms with Gasteiger partial charge in [-0.1, -0.05) is 6.07 Å². The summed E-state index contributed by atoms with van der Waals surface area (Å²) >= 11 is 0. The Bertz CT molecular complexity index is 404. The molecule has 0 aromatic heterocycles. The lowest BCUT2D eigenvalue weighted by molar-refractivity contribution is 0.000716. The Morgan fingerprint density at radius 1 is 1.53 bits per heavy atom. The van der Waals surface area contributed by atoms with Gasteiger partial charge in [0, 0.05) is 18.3 Å². The molecule has 1 aliphatic carbocycles. The minimum atomic E-state index is -1.06. The van der Waals surface area contributed by atoms with E-state index in [1.165, 1.54) is 11.1 Å². The van der Waals surface area contributed by atoms with Crippen molar-refractivity contribution in [3.63, 3.8) is 0 Å². The number of nitrogens with two attached hydrogens (primary N) is 1. The summed E-state index contributed by atoms with van der Waals surface area (Å²) < 4.78 is 0. The van der Waals surface area contributed by atoms with Crippen LogP contribution in [-0.4, -0.2) is 29.0 Å². The Balaban J connectivity index is 2.03. The fourth-order valence-electron chi connectivity index (χ4n) is 2.25. The highest BCUT2D eigenvalue weighted by Gasteiger charge is 2.25. The second-order valence-electron chi connectivity index (χ2n) is 5.09. The van der Waals surface area contributed by atoms with E-state index >= 15 is 0 Å². The SMILES string of the molecule is CC(O)(CO)CNC1CCc2cc(N)ccc21. The summed E-state index contributed by atoms with van der Waals surface area (Å²) in [5, 5.41) is 22.0. The van der Waals surface area contributed by atoms with Crippen molar-refractivity contribution in [1.82, 2.24) is 5.32 Å². The molecule has 0 aliphatic heterocycles. The molecule has 2 atom stereocenters. The van der Waals surface area contributed by atoms with E-state index < -0.39 is 5.60 Å². The van der Waals surface area contributed by atoms with Crippen molar-refractivity contribution < 1.29 is 10.2 Å². The number of nitrogen functional groups attached to an aromatic ring is 1. The maximum Gasteiger partial charge on any atom is 0.0973 e. The summed E-state index contributed by atoms with van der Waals surface area (Å²) in [5.41, 5.74) is 8.03. The maximum atomic E-state index is 9.74. The maximum absolute atomic E-state index is 9.74. The molecule has 1 aliphatic rings. The van der Waals surface area contributed by atoms with E-state index in [0.717, 1.165) is 18.5 Å². The van der Waals surface area contributed by atoms with Gasteiger partial charge in [0.15, 0.2) is 0 Å². The van der Waals surface area contributed by atoms with Crippen LogP contribution < -0.4 is 11.1 Å². The van der Waals surface area contributed by atoms with Crippen molar-refractivity contribution in [2.45, 2.75) is 31.4 Å². The highest BCUT2D eigenvalue weighted by atomic mass is 16.3. The zero-order valence-corrected chi connectivity index (χ0v) is 10.1. The predicted octanol–water partition coefficient (Wildman–Crippen LogP) is 0.589. The molecule has 4 heteroatoms. The summed E-state index contributed by atoms with van der Waals surface area (Å²) in [6.07, 6.45) is 2.03. The number of rotatable bonds is 4. The van der Waals surface area contributed by atoms with Crippen LogP contribution >= 0.6 is 0 Å². The van der Waals surface area contributed by atoms with E-state index in [1.54, 1.807) is 6.92 Å². The van der Waals surface area contributed by atoms with Gasteiger partial charge in [-0.2, -0.15) is 0 Å². The Morgan fingerprint density at radius 2 is 2.29 bits per heavy atom. The van der Waals surface area contributed by atoms with Gasteiger partial charge in [0.1, 0.15) is 0 Å². The van der Waals surface area contributed by atoms with Gasteiger partial charge in [-0.15, -0.1) is 0 Å². The van der Waals surface area contributed by atoms with Crippen LogP contribution in [0.3, 0.4) is 0 Å². The smallest absolute Gasteiger partial charge is 0.0973 e. The van der Waals surface area contributed by atoms with Crippen molar-refractivity contribution in [2.75, 3.05) is 18.9 Å². The summed E-state index contributed by atoms with van der Waals surface area (Å²) in [6, 6.07) is 6.22.